The predicted molar refractivity (Wildman–Crippen MR) is 62.6 cm³/mol. The molecular weight excluding hydrogens is 242 g/mol. The number of nitrogens with one attached hydrogen (secondary N) is 1. The van der Waals surface area contributed by atoms with Gasteiger partial charge in [-0.2, -0.15) is 8.42 Å². The summed E-state index contributed by atoms with van der Waals surface area (Å²) >= 11 is 0. The van der Waals surface area contributed by atoms with Crippen LogP contribution in [0.1, 0.15) is 13.3 Å². The van der Waals surface area contributed by atoms with Gasteiger partial charge in [-0.05, 0) is 19.1 Å². The van der Waals surface area contributed by atoms with E-state index in [1.54, 1.807) is 37.3 Å². The fourth-order valence-corrected chi connectivity index (χ4v) is 2.31. The van der Waals surface area contributed by atoms with Crippen molar-refractivity contribution in [3.05, 3.63) is 30.3 Å². The maximum Gasteiger partial charge on any atom is 0.413 e. The van der Waals surface area contributed by atoms with Gasteiger partial charge in [0.2, 0.25) is 10.3 Å². The quantitative estimate of drug-likeness (QED) is 0.798. The van der Waals surface area contributed by atoms with E-state index in [-0.39, 0.29) is 0 Å². The number of rotatable bonds is 2. The Morgan fingerprint density at radius 1 is 1.35 bits per heavy atom. The van der Waals surface area contributed by atoms with Crippen LogP contribution in [0.15, 0.2) is 30.3 Å². The molecule has 1 fully saturated rings. The Labute approximate surface area is 99.9 Å². The lowest BCUT2D eigenvalue weighted by Gasteiger charge is -2.10. The third-order valence-electron chi connectivity index (χ3n) is 2.54. The van der Waals surface area contributed by atoms with Gasteiger partial charge < -0.3 is 10.1 Å². The SMILES string of the molecule is CC1(NC(=O)Oc2ccccc2)CC1=S(=O)=O. The summed E-state index contributed by atoms with van der Waals surface area (Å²) in [6.45, 7) is 1.64. The highest BCUT2D eigenvalue weighted by Gasteiger charge is 2.49. The van der Waals surface area contributed by atoms with Crippen LogP contribution in [0, 0.1) is 0 Å². The van der Waals surface area contributed by atoms with Gasteiger partial charge in [0.25, 0.3) is 0 Å². The third kappa shape index (κ3) is 2.65. The highest BCUT2D eigenvalue weighted by atomic mass is 32.2. The van der Waals surface area contributed by atoms with E-state index in [4.69, 9.17) is 4.74 Å². The Hall–Kier alpha value is -1.82. The van der Waals surface area contributed by atoms with E-state index in [1.807, 2.05) is 0 Å². The summed E-state index contributed by atoms with van der Waals surface area (Å²) in [6, 6.07) is 8.58. The van der Waals surface area contributed by atoms with Crippen LogP contribution in [0.25, 0.3) is 0 Å². The number of hydrogen-bond donors (Lipinski definition) is 1. The van der Waals surface area contributed by atoms with E-state index in [0.29, 0.717) is 17.0 Å². The smallest absolute Gasteiger partial charge is 0.410 e. The predicted octanol–water partition coefficient (Wildman–Crippen LogP) is 0.989. The average Bonchev–Trinajstić information content (AvgIpc) is 2.91. The van der Waals surface area contributed by atoms with Crippen LogP contribution in [0.5, 0.6) is 5.75 Å². The molecule has 1 saturated carbocycles. The van der Waals surface area contributed by atoms with Gasteiger partial charge in [0, 0.05) is 6.42 Å². The molecule has 1 aliphatic carbocycles. The molecule has 1 atom stereocenters. The van der Waals surface area contributed by atoms with Crippen LogP contribution in [0.3, 0.4) is 0 Å². The molecule has 0 bridgehead atoms. The molecule has 1 aromatic carbocycles. The van der Waals surface area contributed by atoms with Crippen molar-refractivity contribution < 1.29 is 17.9 Å². The lowest BCUT2D eigenvalue weighted by atomic mass is 10.3. The first kappa shape index (κ1) is 11.7. The molecule has 2 rings (SSSR count). The number of benzene rings is 1. The molecule has 0 aromatic heterocycles. The van der Waals surface area contributed by atoms with Gasteiger partial charge in [-0.1, -0.05) is 18.2 Å². The van der Waals surface area contributed by atoms with Crippen LogP contribution in [0.4, 0.5) is 4.79 Å². The lowest BCUT2D eigenvalue weighted by molar-refractivity contribution is 0.197. The standard InChI is InChI=1S/C11H11NO4S/c1-11(7-9(11)17(14)15)12-10(13)16-8-5-3-2-4-6-8/h2-6H,7H2,1H3,(H,12,13). The normalized spacial score (nSPS) is 21.8. The van der Waals surface area contributed by atoms with Crippen LogP contribution in [-0.4, -0.2) is 24.9 Å². The molecule has 0 spiro atoms. The van der Waals surface area contributed by atoms with E-state index >= 15 is 0 Å². The molecule has 0 radical (unpaired) electrons. The molecule has 90 valence electrons. The first-order valence-corrected chi connectivity index (χ1v) is 6.09. The maximum atomic E-state index is 11.5. The van der Waals surface area contributed by atoms with Crippen LogP contribution in [0.2, 0.25) is 0 Å². The second kappa shape index (κ2) is 4.21. The minimum Gasteiger partial charge on any atom is -0.410 e. The van der Waals surface area contributed by atoms with E-state index in [1.165, 1.54) is 0 Å². The third-order valence-corrected chi connectivity index (χ3v) is 3.53. The minimum absolute atomic E-state index is 0.294. The van der Waals surface area contributed by atoms with Gasteiger partial charge in [0.1, 0.15) is 5.75 Å². The van der Waals surface area contributed by atoms with Crippen LogP contribution >= 0.6 is 0 Å². The molecule has 0 heterocycles. The Kier molecular flexibility index (Phi) is 2.89. The lowest BCUT2D eigenvalue weighted by Crippen LogP contribution is -2.38. The maximum absolute atomic E-state index is 11.5. The zero-order valence-electron chi connectivity index (χ0n) is 9.14. The summed E-state index contributed by atoms with van der Waals surface area (Å²) in [5.74, 6) is 0.416. The van der Waals surface area contributed by atoms with Crippen molar-refractivity contribution in [3.63, 3.8) is 0 Å². The molecule has 17 heavy (non-hydrogen) atoms. The van der Waals surface area contributed by atoms with Crippen LogP contribution < -0.4 is 10.1 Å². The molecule has 5 nitrogen and oxygen atoms in total. The summed E-state index contributed by atoms with van der Waals surface area (Å²) < 4.78 is 26.4. The Morgan fingerprint density at radius 3 is 2.53 bits per heavy atom. The summed E-state index contributed by atoms with van der Waals surface area (Å²) in [4.78, 5) is 11.8. The largest absolute Gasteiger partial charge is 0.413 e. The average molecular weight is 253 g/mol. The van der Waals surface area contributed by atoms with Crippen molar-refractivity contribution >= 4 is 21.3 Å². The Balaban J connectivity index is 1.99. The number of carbonyl (C=O) groups excluding carboxylic acids is 1. The summed E-state index contributed by atoms with van der Waals surface area (Å²) in [7, 11) is -2.24. The number of amides is 1. The van der Waals surface area contributed by atoms with Gasteiger partial charge in [0.05, 0.1) is 10.4 Å². The minimum atomic E-state index is -2.24. The summed E-state index contributed by atoms with van der Waals surface area (Å²) in [6.07, 6.45) is -0.313. The monoisotopic (exact) mass is 253 g/mol. The highest BCUT2D eigenvalue weighted by Crippen LogP contribution is 2.30. The molecule has 1 aromatic rings. The molecule has 0 aliphatic heterocycles. The first-order valence-electron chi connectivity index (χ1n) is 5.02. The van der Waals surface area contributed by atoms with Crippen molar-refractivity contribution in [2.24, 2.45) is 0 Å². The zero-order chi connectivity index (χ0) is 12.5. The summed E-state index contributed by atoms with van der Waals surface area (Å²) in [5, 5.41) is 2.52. The van der Waals surface area contributed by atoms with E-state index in [0.717, 1.165) is 0 Å². The van der Waals surface area contributed by atoms with E-state index < -0.39 is 21.9 Å². The second-order valence-electron chi connectivity index (χ2n) is 3.99. The van der Waals surface area contributed by atoms with Crippen LogP contribution in [-0.2, 0) is 10.3 Å². The van der Waals surface area contributed by atoms with Crippen molar-refractivity contribution in [1.82, 2.24) is 5.32 Å². The van der Waals surface area contributed by atoms with Crippen molar-refractivity contribution in [2.45, 2.75) is 18.9 Å². The second-order valence-corrected chi connectivity index (χ2v) is 4.96. The van der Waals surface area contributed by atoms with E-state index in [9.17, 15) is 13.2 Å². The van der Waals surface area contributed by atoms with Crippen molar-refractivity contribution in [2.75, 3.05) is 0 Å². The number of hydrogen-bond acceptors (Lipinski definition) is 4. The molecule has 6 heteroatoms. The van der Waals surface area contributed by atoms with Gasteiger partial charge in [0.15, 0.2) is 0 Å². The van der Waals surface area contributed by atoms with Crippen molar-refractivity contribution in [1.29, 1.82) is 0 Å². The first-order chi connectivity index (χ1) is 8.01. The number of ether oxygens (including phenoxy) is 1. The van der Waals surface area contributed by atoms with Gasteiger partial charge in [-0.15, -0.1) is 0 Å². The summed E-state index contributed by atoms with van der Waals surface area (Å²) in [5.41, 5.74) is -0.779. The van der Waals surface area contributed by atoms with Gasteiger partial charge in [-0.25, -0.2) is 4.79 Å². The molecule has 1 unspecified atom stereocenters. The Bertz CT molecular complexity index is 571. The fourth-order valence-electron chi connectivity index (χ4n) is 1.48. The Morgan fingerprint density at radius 2 is 2.00 bits per heavy atom. The fraction of sp³-hybridized carbons (Fsp3) is 0.273. The molecule has 0 saturated heterocycles. The topological polar surface area (TPSA) is 72.5 Å². The molecular formula is C11H11NO4S. The highest BCUT2D eigenvalue weighted by molar-refractivity contribution is 7.74. The van der Waals surface area contributed by atoms with Gasteiger partial charge >= 0.3 is 6.09 Å². The number of carbonyl (C=O) groups is 1. The molecule has 1 aliphatic rings. The van der Waals surface area contributed by atoms with Crippen molar-refractivity contribution in [3.8, 4) is 5.75 Å². The molecule has 1 amide bonds. The van der Waals surface area contributed by atoms with Gasteiger partial charge in [-0.3, -0.25) is 0 Å². The zero-order valence-corrected chi connectivity index (χ0v) is 9.95. The number of para-hydroxylation sites is 1. The van der Waals surface area contributed by atoms with E-state index in [2.05, 4.69) is 5.32 Å². The molecule has 1 N–H and O–H groups in total.